The molecule has 1 aromatic rings. The molecule has 0 aromatic carbocycles. The minimum Gasteiger partial charge on any atom is -0.478 e. The minimum absolute atomic E-state index is 0.316. The van der Waals surface area contributed by atoms with Gasteiger partial charge in [0.25, 0.3) is 0 Å². The Bertz CT molecular complexity index is 474. The molecule has 2 atom stereocenters. The van der Waals surface area contributed by atoms with Crippen molar-refractivity contribution in [2.24, 2.45) is 11.8 Å². The summed E-state index contributed by atoms with van der Waals surface area (Å²) in [6.07, 6.45) is 5.95. The van der Waals surface area contributed by atoms with E-state index in [9.17, 15) is 4.79 Å². The Kier molecular flexibility index (Phi) is 4.99. The van der Waals surface area contributed by atoms with Crippen molar-refractivity contribution in [1.29, 1.82) is 0 Å². The van der Waals surface area contributed by atoms with Crippen LogP contribution in [0.2, 0.25) is 0 Å². The predicted octanol–water partition coefficient (Wildman–Crippen LogP) is 3.58. The van der Waals surface area contributed by atoms with E-state index in [-0.39, 0.29) is 0 Å². The van der Waals surface area contributed by atoms with Gasteiger partial charge in [0.05, 0.1) is 5.56 Å². The lowest BCUT2D eigenvalue weighted by atomic mass is 9.80. The number of hydrogen-bond acceptors (Lipinski definition) is 3. The summed E-state index contributed by atoms with van der Waals surface area (Å²) in [5, 5.41) is 12.5. The van der Waals surface area contributed by atoms with Gasteiger partial charge in [-0.2, -0.15) is 0 Å². The number of aryl methyl sites for hydroxylation is 1. The Morgan fingerprint density at radius 1 is 1.40 bits per heavy atom. The van der Waals surface area contributed by atoms with E-state index in [1.54, 1.807) is 12.1 Å². The summed E-state index contributed by atoms with van der Waals surface area (Å²) in [6.45, 7) is 5.19. The standard InChI is InChI=1S/C16H24N2O2/c1-3-14-8-13(16(19)20)9-15(18-14)17-10-12-7-5-4-6-11(12)2/h8-9,11-12H,3-7,10H2,1-2H3,(H,17,18)(H,19,20). The van der Waals surface area contributed by atoms with Gasteiger partial charge in [-0.1, -0.05) is 33.1 Å². The molecule has 0 saturated heterocycles. The zero-order chi connectivity index (χ0) is 14.5. The van der Waals surface area contributed by atoms with E-state index in [0.717, 1.165) is 24.6 Å². The molecule has 4 heteroatoms. The van der Waals surface area contributed by atoms with Crippen molar-refractivity contribution in [3.8, 4) is 0 Å². The fraction of sp³-hybridized carbons (Fsp3) is 0.625. The molecule has 0 amide bonds. The van der Waals surface area contributed by atoms with Gasteiger partial charge in [0.1, 0.15) is 5.82 Å². The van der Waals surface area contributed by atoms with Crippen LogP contribution in [-0.4, -0.2) is 22.6 Å². The molecule has 0 aliphatic heterocycles. The molecule has 1 aliphatic rings. The Morgan fingerprint density at radius 3 is 2.80 bits per heavy atom. The molecule has 1 aliphatic carbocycles. The lowest BCUT2D eigenvalue weighted by Crippen LogP contribution is -2.24. The number of aromatic nitrogens is 1. The summed E-state index contributed by atoms with van der Waals surface area (Å²) < 4.78 is 0. The number of anilines is 1. The van der Waals surface area contributed by atoms with Gasteiger partial charge in [-0.15, -0.1) is 0 Å². The van der Waals surface area contributed by atoms with Gasteiger partial charge in [0.15, 0.2) is 0 Å². The molecule has 4 nitrogen and oxygen atoms in total. The maximum absolute atomic E-state index is 11.1. The molecular formula is C16H24N2O2. The van der Waals surface area contributed by atoms with Crippen LogP contribution in [0.15, 0.2) is 12.1 Å². The van der Waals surface area contributed by atoms with E-state index in [4.69, 9.17) is 5.11 Å². The molecule has 0 spiro atoms. The van der Waals surface area contributed by atoms with Crippen LogP contribution in [0, 0.1) is 11.8 Å². The molecule has 2 unspecified atom stereocenters. The lowest BCUT2D eigenvalue weighted by molar-refractivity contribution is 0.0696. The van der Waals surface area contributed by atoms with E-state index in [0.29, 0.717) is 17.3 Å². The molecule has 1 fully saturated rings. The van der Waals surface area contributed by atoms with Gasteiger partial charge < -0.3 is 10.4 Å². The van der Waals surface area contributed by atoms with Crippen LogP contribution in [0.5, 0.6) is 0 Å². The zero-order valence-corrected chi connectivity index (χ0v) is 12.4. The molecule has 2 N–H and O–H groups in total. The first-order valence-corrected chi connectivity index (χ1v) is 7.58. The van der Waals surface area contributed by atoms with Crippen molar-refractivity contribution in [2.75, 3.05) is 11.9 Å². The van der Waals surface area contributed by atoms with Gasteiger partial charge in [-0.25, -0.2) is 9.78 Å². The van der Waals surface area contributed by atoms with Crippen LogP contribution in [0.25, 0.3) is 0 Å². The number of pyridine rings is 1. The second-order valence-corrected chi connectivity index (χ2v) is 5.79. The number of aromatic carboxylic acids is 1. The van der Waals surface area contributed by atoms with Gasteiger partial charge in [0, 0.05) is 12.2 Å². The van der Waals surface area contributed by atoms with Crippen molar-refractivity contribution in [3.63, 3.8) is 0 Å². The smallest absolute Gasteiger partial charge is 0.335 e. The highest BCUT2D eigenvalue weighted by atomic mass is 16.4. The summed E-state index contributed by atoms with van der Waals surface area (Å²) in [7, 11) is 0. The van der Waals surface area contributed by atoms with E-state index in [1.165, 1.54) is 25.7 Å². The molecule has 0 radical (unpaired) electrons. The number of carboxylic acids is 1. The van der Waals surface area contributed by atoms with Crippen LogP contribution in [0.1, 0.15) is 55.6 Å². The summed E-state index contributed by atoms with van der Waals surface area (Å²) in [5.41, 5.74) is 1.14. The Balaban J connectivity index is 2.04. The predicted molar refractivity (Wildman–Crippen MR) is 80.2 cm³/mol. The van der Waals surface area contributed by atoms with Gasteiger partial charge in [-0.3, -0.25) is 0 Å². The first-order chi connectivity index (χ1) is 9.60. The van der Waals surface area contributed by atoms with E-state index < -0.39 is 5.97 Å². The molecule has 1 heterocycles. The second kappa shape index (κ2) is 6.73. The van der Waals surface area contributed by atoms with E-state index >= 15 is 0 Å². The quantitative estimate of drug-likeness (QED) is 0.863. The number of nitrogens with zero attached hydrogens (tertiary/aromatic N) is 1. The van der Waals surface area contributed by atoms with Crippen molar-refractivity contribution in [2.45, 2.75) is 46.0 Å². The van der Waals surface area contributed by atoms with Crippen LogP contribution in [-0.2, 0) is 6.42 Å². The minimum atomic E-state index is -0.892. The number of nitrogens with one attached hydrogen (secondary N) is 1. The number of carboxylic acid groups (broad SMARTS) is 1. The fourth-order valence-corrected chi connectivity index (χ4v) is 2.91. The highest BCUT2D eigenvalue weighted by Gasteiger charge is 2.21. The molecular weight excluding hydrogens is 252 g/mol. The Hall–Kier alpha value is -1.58. The third-order valence-electron chi connectivity index (χ3n) is 4.32. The topological polar surface area (TPSA) is 62.2 Å². The average Bonchev–Trinajstić information content (AvgIpc) is 2.46. The SMILES string of the molecule is CCc1cc(C(=O)O)cc(NCC2CCCCC2C)n1. The number of rotatable bonds is 5. The van der Waals surface area contributed by atoms with Gasteiger partial charge >= 0.3 is 5.97 Å². The van der Waals surface area contributed by atoms with Crippen molar-refractivity contribution in [3.05, 3.63) is 23.4 Å². The monoisotopic (exact) mass is 276 g/mol. The molecule has 1 saturated carbocycles. The number of hydrogen-bond donors (Lipinski definition) is 2. The zero-order valence-electron chi connectivity index (χ0n) is 12.4. The molecule has 0 bridgehead atoms. The normalized spacial score (nSPS) is 22.5. The van der Waals surface area contributed by atoms with Gasteiger partial charge in [-0.05, 0) is 36.8 Å². The van der Waals surface area contributed by atoms with Crippen molar-refractivity contribution in [1.82, 2.24) is 4.98 Å². The summed E-state index contributed by atoms with van der Waals surface area (Å²) in [5.74, 6) is 1.21. The maximum atomic E-state index is 11.1. The summed E-state index contributed by atoms with van der Waals surface area (Å²) in [4.78, 5) is 15.6. The van der Waals surface area contributed by atoms with Crippen molar-refractivity contribution >= 4 is 11.8 Å². The Morgan fingerprint density at radius 2 is 2.15 bits per heavy atom. The van der Waals surface area contributed by atoms with Crippen LogP contribution in [0.3, 0.4) is 0 Å². The average molecular weight is 276 g/mol. The van der Waals surface area contributed by atoms with Crippen LogP contribution in [0.4, 0.5) is 5.82 Å². The number of carbonyl (C=O) groups is 1. The molecule has 110 valence electrons. The fourth-order valence-electron chi connectivity index (χ4n) is 2.91. The third kappa shape index (κ3) is 3.71. The molecule has 2 rings (SSSR count). The van der Waals surface area contributed by atoms with E-state index in [2.05, 4.69) is 17.2 Å². The largest absolute Gasteiger partial charge is 0.478 e. The van der Waals surface area contributed by atoms with Crippen LogP contribution >= 0.6 is 0 Å². The third-order valence-corrected chi connectivity index (χ3v) is 4.32. The first kappa shape index (κ1) is 14.8. The van der Waals surface area contributed by atoms with Crippen LogP contribution < -0.4 is 5.32 Å². The van der Waals surface area contributed by atoms with Gasteiger partial charge in [0.2, 0.25) is 0 Å². The highest BCUT2D eigenvalue weighted by Crippen LogP contribution is 2.29. The summed E-state index contributed by atoms with van der Waals surface area (Å²) >= 11 is 0. The first-order valence-electron chi connectivity index (χ1n) is 7.58. The molecule has 1 aromatic heterocycles. The highest BCUT2D eigenvalue weighted by molar-refractivity contribution is 5.88. The maximum Gasteiger partial charge on any atom is 0.335 e. The van der Waals surface area contributed by atoms with Crippen molar-refractivity contribution < 1.29 is 9.90 Å². The Labute approximate surface area is 120 Å². The van der Waals surface area contributed by atoms with E-state index in [1.807, 2.05) is 6.92 Å². The lowest BCUT2D eigenvalue weighted by Gasteiger charge is -2.29. The summed E-state index contributed by atoms with van der Waals surface area (Å²) in [6, 6.07) is 3.28. The molecule has 20 heavy (non-hydrogen) atoms. The second-order valence-electron chi connectivity index (χ2n) is 5.79.